The van der Waals surface area contributed by atoms with Crippen molar-refractivity contribution in [2.45, 2.75) is 66.6 Å². The number of rotatable bonds is 8. The Morgan fingerprint density at radius 2 is 1.59 bits per heavy atom. The minimum atomic E-state index is -3.75. The Kier molecular flexibility index (Phi) is 8.53. The summed E-state index contributed by atoms with van der Waals surface area (Å²) in [6.45, 7) is 12.8. The van der Waals surface area contributed by atoms with Gasteiger partial charge in [0.25, 0.3) is 0 Å². The molecule has 0 heterocycles. The summed E-state index contributed by atoms with van der Waals surface area (Å²) in [7, 11) is -3.75. The van der Waals surface area contributed by atoms with Crippen LogP contribution < -0.4 is 9.62 Å². The quantitative estimate of drug-likeness (QED) is 0.615. The number of aryl methyl sites for hydroxylation is 3. The van der Waals surface area contributed by atoms with Gasteiger partial charge in [-0.2, -0.15) is 0 Å². The maximum absolute atomic E-state index is 13.6. The van der Waals surface area contributed by atoms with E-state index in [1.54, 1.807) is 19.1 Å². The lowest BCUT2D eigenvalue weighted by molar-refractivity contribution is -0.140. The summed E-state index contributed by atoms with van der Waals surface area (Å²) in [6, 6.07) is 12.1. The van der Waals surface area contributed by atoms with E-state index in [1.165, 1.54) is 4.90 Å². The highest BCUT2D eigenvalue weighted by Gasteiger charge is 2.31. The van der Waals surface area contributed by atoms with Crippen LogP contribution in [0.4, 0.5) is 5.69 Å². The lowest BCUT2D eigenvalue weighted by Gasteiger charge is -2.33. The summed E-state index contributed by atoms with van der Waals surface area (Å²) in [5, 5.41) is 2.92. The summed E-state index contributed by atoms with van der Waals surface area (Å²) >= 11 is 0. The van der Waals surface area contributed by atoms with Crippen molar-refractivity contribution < 1.29 is 18.0 Å². The lowest BCUT2D eigenvalue weighted by atomic mass is 10.1. The Morgan fingerprint density at radius 1 is 0.971 bits per heavy atom. The number of carbonyl (C=O) groups is 2. The average molecular weight is 488 g/mol. The molecule has 0 saturated heterocycles. The van der Waals surface area contributed by atoms with Crippen LogP contribution in [0.25, 0.3) is 0 Å². The molecule has 1 unspecified atom stereocenters. The van der Waals surface area contributed by atoms with Gasteiger partial charge in [-0.25, -0.2) is 8.42 Å². The molecule has 0 aliphatic carbocycles. The molecule has 0 fully saturated rings. The highest BCUT2D eigenvalue weighted by molar-refractivity contribution is 7.92. The monoisotopic (exact) mass is 487 g/mol. The molecule has 0 saturated carbocycles. The molecule has 2 aromatic rings. The van der Waals surface area contributed by atoms with E-state index >= 15 is 0 Å². The molecule has 0 aliphatic heterocycles. The average Bonchev–Trinajstić information content (AvgIpc) is 2.70. The second-order valence-electron chi connectivity index (χ2n) is 9.90. The number of anilines is 1. The van der Waals surface area contributed by atoms with Crippen LogP contribution in [0, 0.1) is 20.8 Å². The molecule has 1 atom stereocenters. The van der Waals surface area contributed by atoms with Crippen molar-refractivity contribution in [3.63, 3.8) is 0 Å². The Labute approximate surface area is 204 Å². The highest BCUT2D eigenvalue weighted by atomic mass is 32.2. The number of hydrogen-bond acceptors (Lipinski definition) is 4. The molecule has 2 rings (SSSR count). The third-order valence-corrected chi connectivity index (χ3v) is 6.87. The fourth-order valence-corrected chi connectivity index (χ4v) is 4.36. The SMILES string of the molecule is Cc1ccc(N(CC(=O)N(Cc2ccccc2C)C(C)C(=O)NC(C)(C)C)S(C)(=O)=O)cc1C. The van der Waals surface area contributed by atoms with Gasteiger partial charge in [0.05, 0.1) is 11.9 Å². The summed E-state index contributed by atoms with van der Waals surface area (Å²) in [6.07, 6.45) is 1.08. The van der Waals surface area contributed by atoms with Crippen LogP contribution in [0.1, 0.15) is 49.9 Å². The number of nitrogens with zero attached hydrogens (tertiary/aromatic N) is 2. The molecule has 34 heavy (non-hydrogen) atoms. The van der Waals surface area contributed by atoms with Gasteiger partial charge >= 0.3 is 0 Å². The van der Waals surface area contributed by atoms with Gasteiger partial charge in [0.2, 0.25) is 21.8 Å². The standard InChI is InChI=1S/C26H37N3O4S/c1-18-13-14-23(15-20(18)3)29(34(8,32)33)17-24(30)28(16-22-12-10-9-11-19(22)2)21(4)25(31)27-26(5,6)7/h9-15,21H,16-17H2,1-8H3,(H,27,31). The molecule has 0 radical (unpaired) electrons. The third kappa shape index (κ3) is 7.32. The van der Waals surface area contributed by atoms with Crippen molar-refractivity contribution in [1.29, 1.82) is 0 Å². The third-order valence-electron chi connectivity index (χ3n) is 5.73. The van der Waals surface area contributed by atoms with Gasteiger partial charge in [-0.1, -0.05) is 30.3 Å². The van der Waals surface area contributed by atoms with Gasteiger partial charge in [-0.3, -0.25) is 13.9 Å². The number of carbonyl (C=O) groups excluding carboxylic acids is 2. The number of nitrogens with one attached hydrogen (secondary N) is 1. The fourth-order valence-electron chi connectivity index (χ4n) is 3.52. The van der Waals surface area contributed by atoms with Gasteiger partial charge in [0.15, 0.2) is 0 Å². The van der Waals surface area contributed by atoms with E-state index in [2.05, 4.69) is 5.32 Å². The van der Waals surface area contributed by atoms with Crippen molar-refractivity contribution in [1.82, 2.24) is 10.2 Å². The van der Waals surface area contributed by atoms with E-state index in [9.17, 15) is 18.0 Å². The van der Waals surface area contributed by atoms with E-state index in [0.717, 1.165) is 32.8 Å². The minimum absolute atomic E-state index is 0.189. The Morgan fingerprint density at radius 3 is 2.12 bits per heavy atom. The van der Waals surface area contributed by atoms with Crippen molar-refractivity contribution in [2.75, 3.05) is 17.1 Å². The summed E-state index contributed by atoms with van der Waals surface area (Å²) in [4.78, 5) is 28.0. The van der Waals surface area contributed by atoms with Crippen LogP contribution in [0.5, 0.6) is 0 Å². The molecule has 7 nitrogen and oxygen atoms in total. The van der Waals surface area contributed by atoms with E-state index in [1.807, 2.05) is 71.9 Å². The van der Waals surface area contributed by atoms with E-state index in [0.29, 0.717) is 5.69 Å². The van der Waals surface area contributed by atoms with Crippen LogP contribution in [-0.2, 0) is 26.2 Å². The van der Waals surface area contributed by atoms with Gasteiger partial charge in [-0.15, -0.1) is 0 Å². The van der Waals surface area contributed by atoms with Crippen molar-refractivity contribution >= 4 is 27.5 Å². The van der Waals surface area contributed by atoms with Crippen molar-refractivity contribution in [2.24, 2.45) is 0 Å². The van der Waals surface area contributed by atoms with Crippen LogP contribution in [-0.4, -0.2) is 49.5 Å². The first kappa shape index (κ1) is 27.4. The molecular formula is C26H37N3O4S. The number of sulfonamides is 1. The number of amides is 2. The Hall–Kier alpha value is -2.87. The molecule has 186 valence electrons. The van der Waals surface area contributed by atoms with E-state index in [-0.39, 0.29) is 12.5 Å². The molecule has 1 N–H and O–H groups in total. The van der Waals surface area contributed by atoms with Gasteiger partial charge in [0.1, 0.15) is 12.6 Å². The van der Waals surface area contributed by atoms with Gasteiger partial charge in [-0.05, 0) is 82.9 Å². The molecular weight excluding hydrogens is 450 g/mol. The first-order valence-corrected chi connectivity index (χ1v) is 13.2. The summed E-state index contributed by atoms with van der Waals surface area (Å²) < 4.78 is 26.4. The van der Waals surface area contributed by atoms with E-state index in [4.69, 9.17) is 0 Å². The van der Waals surface area contributed by atoms with Crippen LogP contribution in [0.2, 0.25) is 0 Å². The highest BCUT2D eigenvalue weighted by Crippen LogP contribution is 2.22. The molecule has 0 aliphatic rings. The van der Waals surface area contributed by atoms with Crippen LogP contribution in [0.15, 0.2) is 42.5 Å². The number of benzene rings is 2. The van der Waals surface area contributed by atoms with Crippen LogP contribution in [0.3, 0.4) is 0 Å². The molecule has 0 bridgehead atoms. The predicted octanol–water partition coefficient (Wildman–Crippen LogP) is 3.71. The molecule has 2 aromatic carbocycles. The largest absolute Gasteiger partial charge is 0.350 e. The summed E-state index contributed by atoms with van der Waals surface area (Å²) in [5.41, 5.74) is 3.77. The van der Waals surface area contributed by atoms with Gasteiger partial charge < -0.3 is 10.2 Å². The molecule has 0 aromatic heterocycles. The van der Waals surface area contributed by atoms with Crippen LogP contribution >= 0.6 is 0 Å². The smallest absolute Gasteiger partial charge is 0.244 e. The molecule has 8 heteroatoms. The molecule has 0 spiro atoms. The zero-order valence-electron chi connectivity index (χ0n) is 21.5. The fraction of sp³-hybridized carbons (Fsp3) is 0.462. The topological polar surface area (TPSA) is 86.8 Å². The second-order valence-corrected chi connectivity index (χ2v) is 11.8. The van der Waals surface area contributed by atoms with E-state index < -0.39 is 34.1 Å². The maximum Gasteiger partial charge on any atom is 0.244 e. The first-order valence-electron chi connectivity index (χ1n) is 11.3. The minimum Gasteiger partial charge on any atom is -0.350 e. The zero-order chi connectivity index (χ0) is 25.8. The second kappa shape index (κ2) is 10.6. The molecule has 2 amide bonds. The van der Waals surface area contributed by atoms with Gasteiger partial charge in [0, 0.05) is 12.1 Å². The Balaban J connectivity index is 2.44. The predicted molar refractivity (Wildman–Crippen MR) is 137 cm³/mol. The first-order chi connectivity index (χ1) is 15.6. The normalized spacial score (nSPS) is 12.7. The van der Waals surface area contributed by atoms with Crippen molar-refractivity contribution in [3.8, 4) is 0 Å². The Bertz CT molecular complexity index is 1150. The maximum atomic E-state index is 13.6. The zero-order valence-corrected chi connectivity index (χ0v) is 22.3. The lowest BCUT2D eigenvalue weighted by Crippen LogP contribution is -2.54. The summed E-state index contributed by atoms with van der Waals surface area (Å²) in [5.74, 6) is -0.755. The van der Waals surface area contributed by atoms with Crippen molar-refractivity contribution in [3.05, 3.63) is 64.7 Å². The number of hydrogen-bond donors (Lipinski definition) is 1.